The highest BCUT2D eigenvalue weighted by molar-refractivity contribution is 5.86. The van der Waals surface area contributed by atoms with Gasteiger partial charge in [-0.25, -0.2) is 4.79 Å². The smallest absolute Gasteiger partial charge is 0.407 e. The minimum atomic E-state index is -0.639. The molecule has 21 heavy (non-hydrogen) atoms. The number of hydrazine groups is 1. The highest BCUT2D eigenvalue weighted by Gasteiger charge is 2.22. The SMILES string of the molecule is CCOC(=O)NC(CC(C)C)C(=O)NNc1ccccc1. The highest BCUT2D eigenvalue weighted by atomic mass is 16.5. The third kappa shape index (κ3) is 6.65. The van der Waals surface area contributed by atoms with Crippen molar-refractivity contribution >= 4 is 17.7 Å². The molecule has 1 aromatic carbocycles. The van der Waals surface area contributed by atoms with Gasteiger partial charge in [0, 0.05) is 0 Å². The lowest BCUT2D eigenvalue weighted by Gasteiger charge is -2.20. The van der Waals surface area contributed by atoms with E-state index in [-0.39, 0.29) is 18.4 Å². The van der Waals surface area contributed by atoms with Crippen molar-refractivity contribution in [2.75, 3.05) is 12.0 Å². The van der Waals surface area contributed by atoms with Gasteiger partial charge in [-0.15, -0.1) is 0 Å². The second-order valence-corrected chi connectivity index (χ2v) is 5.03. The molecule has 1 atom stereocenters. The summed E-state index contributed by atoms with van der Waals surface area (Å²) in [6.07, 6.45) is -0.0563. The number of rotatable bonds is 7. The van der Waals surface area contributed by atoms with Crippen molar-refractivity contribution < 1.29 is 14.3 Å². The number of carbonyl (C=O) groups excluding carboxylic acids is 2. The van der Waals surface area contributed by atoms with Gasteiger partial charge in [0.1, 0.15) is 6.04 Å². The van der Waals surface area contributed by atoms with Crippen LogP contribution in [0.4, 0.5) is 10.5 Å². The zero-order chi connectivity index (χ0) is 15.7. The summed E-state index contributed by atoms with van der Waals surface area (Å²) in [4.78, 5) is 23.6. The first-order valence-corrected chi connectivity index (χ1v) is 7.07. The molecule has 0 spiro atoms. The second kappa shape index (κ2) is 8.84. The minimum Gasteiger partial charge on any atom is -0.450 e. The van der Waals surface area contributed by atoms with Gasteiger partial charge in [-0.05, 0) is 31.4 Å². The standard InChI is InChI=1S/C15H23N3O3/c1-4-21-15(20)16-13(10-11(2)3)14(19)18-17-12-8-6-5-7-9-12/h5-9,11,13,17H,4,10H2,1-3H3,(H,16,20)(H,18,19). The van der Waals surface area contributed by atoms with E-state index in [4.69, 9.17) is 4.74 Å². The number of hydrogen-bond acceptors (Lipinski definition) is 4. The summed E-state index contributed by atoms with van der Waals surface area (Å²) in [5.74, 6) is -0.0417. The van der Waals surface area contributed by atoms with Crippen molar-refractivity contribution in [1.82, 2.24) is 10.7 Å². The number of hydrogen-bond donors (Lipinski definition) is 3. The largest absolute Gasteiger partial charge is 0.450 e. The Morgan fingerprint density at radius 2 is 1.86 bits per heavy atom. The minimum absolute atomic E-state index is 0.263. The van der Waals surface area contributed by atoms with Crippen LogP contribution in [0.3, 0.4) is 0 Å². The normalized spacial score (nSPS) is 11.6. The summed E-state index contributed by atoms with van der Waals surface area (Å²) in [5.41, 5.74) is 6.17. The fourth-order valence-electron chi connectivity index (χ4n) is 1.76. The van der Waals surface area contributed by atoms with E-state index in [1.165, 1.54) is 0 Å². The maximum absolute atomic E-state index is 12.1. The molecule has 0 aliphatic rings. The fraction of sp³-hybridized carbons (Fsp3) is 0.467. The number of amides is 2. The van der Waals surface area contributed by atoms with Crippen LogP contribution in [-0.2, 0) is 9.53 Å². The van der Waals surface area contributed by atoms with Gasteiger partial charge in [0.25, 0.3) is 5.91 Å². The van der Waals surface area contributed by atoms with Gasteiger partial charge in [0.2, 0.25) is 0 Å². The molecule has 1 aromatic rings. The van der Waals surface area contributed by atoms with Crippen molar-refractivity contribution in [3.05, 3.63) is 30.3 Å². The average Bonchev–Trinajstić information content (AvgIpc) is 2.45. The second-order valence-electron chi connectivity index (χ2n) is 5.03. The Morgan fingerprint density at radius 3 is 2.43 bits per heavy atom. The summed E-state index contributed by atoms with van der Waals surface area (Å²) < 4.78 is 4.82. The van der Waals surface area contributed by atoms with Gasteiger partial charge in [-0.1, -0.05) is 32.0 Å². The molecule has 0 fully saturated rings. The molecular weight excluding hydrogens is 270 g/mol. The quantitative estimate of drug-likeness (QED) is 0.674. The third-order valence-corrected chi connectivity index (χ3v) is 2.69. The predicted molar refractivity (Wildman–Crippen MR) is 81.6 cm³/mol. The maximum Gasteiger partial charge on any atom is 0.407 e. The van der Waals surface area contributed by atoms with Gasteiger partial charge in [-0.3, -0.25) is 15.6 Å². The fourth-order valence-corrected chi connectivity index (χ4v) is 1.76. The van der Waals surface area contributed by atoms with Crippen LogP contribution in [0.2, 0.25) is 0 Å². The van der Waals surface area contributed by atoms with Crippen LogP contribution in [0, 0.1) is 5.92 Å². The molecule has 116 valence electrons. The van der Waals surface area contributed by atoms with Gasteiger partial charge in [0.15, 0.2) is 0 Å². The summed E-state index contributed by atoms with van der Waals surface area (Å²) in [6, 6.07) is 8.62. The van der Waals surface area contributed by atoms with Crippen LogP contribution >= 0.6 is 0 Å². The van der Waals surface area contributed by atoms with Crippen LogP contribution in [0.1, 0.15) is 27.2 Å². The Hall–Kier alpha value is -2.24. The van der Waals surface area contributed by atoms with Crippen LogP contribution in [0.15, 0.2) is 30.3 Å². The van der Waals surface area contributed by atoms with E-state index < -0.39 is 12.1 Å². The Kier molecular flexibility index (Phi) is 7.08. The number of nitrogens with one attached hydrogen (secondary N) is 3. The lowest BCUT2D eigenvalue weighted by molar-refractivity contribution is -0.122. The Labute approximate surface area is 125 Å². The molecule has 6 nitrogen and oxygen atoms in total. The Bertz CT molecular complexity index is 449. The number of alkyl carbamates (subject to hydrolysis) is 1. The van der Waals surface area contributed by atoms with E-state index in [1.807, 2.05) is 44.2 Å². The first-order valence-electron chi connectivity index (χ1n) is 7.07. The summed E-state index contributed by atoms with van der Waals surface area (Å²) in [7, 11) is 0. The van der Waals surface area contributed by atoms with E-state index in [9.17, 15) is 9.59 Å². The van der Waals surface area contributed by atoms with Crippen LogP contribution in [-0.4, -0.2) is 24.6 Å². The molecule has 0 aromatic heterocycles. The van der Waals surface area contributed by atoms with Gasteiger partial charge in [0.05, 0.1) is 12.3 Å². The molecule has 0 aliphatic heterocycles. The Morgan fingerprint density at radius 1 is 1.19 bits per heavy atom. The number of ether oxygens (including phenoxy) is 1. The van der Waals surface area contributed by atoms with Gasteiger partial charge >= 0.3 is 6.09 Å². The van der Waals surface area contributed by atoms with Crippen molar-refractivity contribution in [3.8, 4) is 0 Å². The molecule has 2 amide bonds. The van der Waals surface area contributed by atoms with E-state index in [1.54, 1.807) is 6.92 Å². The lowest BCUT2D eigenvalue weighted by atomic mass is 10.0. The first-order chi connectivity index (χ1) is 10.0. The molecule has 0 saturated heterocycles. The van der Waals surface area contributed by atoms with E-state index >= 15 is 0 Å². The molecule has 6 heteroatoms. The maximum atomic E-state index is 12.1. The number of benzene rings is 1. The van der Waals surface area contributed by atoms with E-state index in [2.05, 4.69) is 16.2 Å². The third-order valence-electron chi connectivity index (χ3n) is 2.69. The van der Waals surface area contributed by atoms with Crippen molar-refractivity contribution in [3.63, 3.8) is 0 Å². The molecule has 0 saturated carbocycles. The van der Waals surface area contributed by atoms with Crippen LogP contribution in [0.5, 0.6) is 0 Å². The molecule has 0 bridgehead atoms. The van der Waals surface area contributed by atoms with Crippen LogP contribution in [0.25, 0.3) is 0 Å². The van der Waals surface area contributed by atoms with E-state index in [0.29, 0.717) is 6.42 Å². The summed E-state index contributed by atoms with van der Waals surface area (Å²) in [5, 5.41) is 2.57. The molecule has 3 N–H and O–H groups in total. The monoisotopic (exact) mass is 293 g/mol. The average molecular weight is 293 g/mol. The molecule has 1 rings (SSSR count). The molecule has 0 heterocycles. The first kappa shape index (κ1) is 16.8. The molecular formula is C15H23N3O3. The van der Waals surface area contributed by atoms with E-state index in [0.717, 1.165) is 5.69 Å². The predicted octanol–water partition coefficient (Wildman–Crippen LogP) is 2.29. The highest BCUT2D eigenvalue weighted by Crippen LogP contribution is 2.07. The molecule has 1 unspecified atom stereocenters. The molecule has 0 radical (unpaired) electrons. The lowest BCUT2D eigenvalue weighted by Crippen LogP contribution is -2.49. The van der Waals surface area contributed by atoms with Crippen molar-refractivity contribution in [1.29, 1.82) is 0 Å². The number of para-hydroxylation sites is 1. The van der Waals surface area contributed by atoms with Gasteiger partial charge < -0.3 is 10.1 Å². The summed E-state index contributed by atoms with van der Waals surface area (Å²) >= 11 is 0. The zero-order valence-electron chi connectivity index (χ0n) is 12.7. The summed E-state index contributed by atoms with van der Waals surface area (Å²) in [6.45, 7) is 5.95. The van der Waals surface area contributed by atoms with Crippen LogP contribution < -0.4 is 16.2 Å². The van der Waals surface area contributed by atoms with Crippen molar-refractivity contribution in [2.24, 2.45) is 5.92 Å². The van der Waals surface area contributed by atoms with Gasteiger partial charge in [-0.2, -0.15) is 0 Å². The number of carbonyl (C=O) groups is 2. The van der Waals surface area contributed by atoms with Crippen molar-refractivity contribution in [2.45, 2.75) is 33.2 Å². The topological polar surface area (TPSA) is 79.5 Å². The number of anilines is 1. The Balaban J connectivity index is 2.56. The zero-order valence-corrected chi connectivity index (χ0v) is 12.7. The molecule has 0 aliphatic carbocycles.